The Morgan fingerprint density at radius 1 is 0.853 bits per heavy atom. The van der Waals surface area contributed by atoms with E-state index >= 15 is 0 Å². The zero-order chi connectivity index (χ0) is 23.9. The van der Waals surface area contributed by atoms with Gasteiger partial charge in [0.1, 0.15) is 11.4 Å². The van der Waals surface area contributed by atoms with Crippen LogP contribution in [0.15, 0.2) is 79.0 Å². The molecule has 174 valence electrons. The van der Waals surface area contributed by atoms with Crippen LogP contribution in [0.25, 0.3) is 16.9 Å². The molecule has 0 aliphatic carbocycles. The van der Waals surface area contributed by atoms with Gasteiger partial charge in [-0.25, -0.2) is 4.68 Å². The van der Waals surface area contributed by atoms with Crippen molar-refractivity contribution in [3.8, 4) is 34.2 Å². The molecule has 1 amide bonds. The number of aromatic nitrogens is 2. The van der Waals surface area contributed by atoms with Gasteiger partial charge in [-0.1, -0.05) is 36.4 Å². The summed E-state index contributed by atoms with van der Waals surface area (Å²) in [5, 5.41) is 7.76. The number of hydrogen-bond acceptors (Lipinski definition) is 5. The Hall–Kier alpha value is -4.26. The molecule has 0 aliphatic heterocycles. The molecule has 1 aromatic heterocycles. The van der Waals surface area contributed by atoms with Crippen molar-refractivity contribution in [2.45, 2.75) is 6.42 Å². The molecule has 1 heterocycles. The zero-order valence-corrected chi connectivity index (χ0v) is 19.4. The number of nitrogens with one attached hydrogen (secondary N) is 1. The Balaban J connectivity index is 1.64. The van der Waals surface area contributed by atoms with Crippen LogP contribution in [0.4, 0.5) is 0 Å². The van der Waals surface area contributed by atoms with Crippen LogP contribution >= 0.6 is 0 Å². The number of hydrogen-bond donors (Lipinski definition) is 1. The zero-order valence-electron chi connectivity index (χ0n) is 19.4. The second-order valence-corrected chi connectivity index (χ2v) is 7.56. The van der Waals surface area contributed by atoms with E-state index in [0.717, 1.165) is 22.6 Å². The highest BCUT2D eigenvalue weighted by molar-refractivity contribution is 6.00. The Kier molecular flexibility index (Phi) is 7.13. The molecule has 0 unspecified atom stereocenters. The van der Waals surface area contributed by atoms with Gasteiger partial charge in [-0.2, -0.15) is 5.10 Å². The van der Waals surface area contributed by atoms with Crippen LogP contribution in [0.2, 0.25) is 0 Å². The molecule has 0 bridgehead atoms. The molecular formula is C27H27N3O4. The summed E-state index contributed by atoms with van der Waals surface area (Å²) in [5.41, 5.74) is 3.67. The maximum absolute atomic E-state index is 13.3. The number of benzene rings is 3. The summed E-state index contributed by atoms with van der Waals surface area (Å²) in [4.78, 5) is 13.3. The van der Waals surface area contributed by atoms with Gasteiger partial charge in [0.05, 0.1) is 32.6 Å². The van der Waals surface area contributed by atoms with Gasteiger partial charge in [-0.15, -0.1) is 0 Å². The number of nitrogens with zero attached hydrogens (tertiary/aromatic N) is 2. The van der Waals surface area contributed by atoms with E-state index in [1.54, 1.807) is 38.3 Å². The van der Waals surface area contributed by atoms with Gasteiger partial charge in [-0.3, -0.25) is 4.79 Å². The minimum Gasteiger partial charge on any atom is -0.496 e. The van der Waals surface area contributed by atoms with E-state index in [1.165, 1.54) is 0 Å². The highest BCUT2D eigenvalue weighted by Gasteiger charge is 2.20. The molecule has 0 saturated carbocycles. The van der Waals surface area contributed by atoms with Crippen LogP contribution < -0.4 is 19.5 Å². The summed E-state index contributed by atoms with van der Waals surface area (Å²) >= 11 is 0. The van der Waals surface area contributed by atoms with Crippen molar-refractivity contribution in [1.82, 2.24) is 15.1 Å². The number of carbonyl (C=O) groups is 1. The number of amides is 1. The molecular weight excluding hydrogens is 430 g/mol. The minimum absolute atomic E-state index is 0.207. The third-order valence-electron chi connectivity index (χ3n) is 5.51. The van der Waals surface area contributed by atoms with Crippen LogP contribution in [0.1, 0.15) is 15.9 Å². The first-order valence-electron chi connectivity index (χ1n) is 10.9. The lowest BCUT2D eigenvalue weighted by molar-refractivity contribution is 0.0954. The summed E-state index contributed by atoms with van der Waals surface area (Å²) in [6, 6.07) is 23.0. The molecule has 1 N–H and O–H groups in total. The van der Waals surface area contributed by atoms with E-state index in [0.29, 0.717) is 35.7 Å². The van der Waals surface area contributed by atoms with Gasteiger partial charge < -0.3 is 19.5 Å². The average molecular weight is 458 g/mol. The lowest BCUT2D eigenvalue weighted by Gasteiger charge is -2.10. The fraction of sp³-hybridized carbons (Fsp3) is 0.185. The van der Waals surface area contributed by atoms with E-state index in [9.17, 15) is 4.79 Å². The predicted molar refractivity (Wildman–Crippen MR) is 131 cm³/mol. The molecule has 34 heavy (non-hydrogen) atoms. The highest BCUT2D eigenvalue weighted by atomic mass is 16.5. The number of methoxy groups -OCH3 is 3. The van der Waals surface area contributed by atoms with Gasteiger partial charge in [-0.05, 0) is 48.4 Å². The maximum Gasteiger partial charge on any atom is 0.255 e. The standard InChI is InChI=1S/C27H27N3O4/c1-32-23-12-8-7-9-19(23)15-16-28-27(31)22-18-30(21-10-5-4-6-11-21)29-26(22)20-13-14-24(33-2)25(17-20)34-3/h4-14,17-18H,15-16H2,1-3H3,(H,28,31). The van der Waals surface area contributed by atoms with E-state index in [1.807, 2.05) is 66.7 Å². The van der Waals surface area contributed by atoms with Crippen LogP contribution in [0.3, 0.4) is 0 Å². The monoisotopic (exact) mass is 457 g/mol. The first-order chi connectivity index (χ1) is 16.6. The molecule has 3 aromatic carbocycles. The number of para-hydroxylation sites is 2. The highest BCUT2D eigenvalue weighted by Crippen LogP contribution is 2.33. The Morgan fingerprint density at radius 3 is 2.29 bits per heavy atom. The molecule has 4 aromatic rings. The van der Waals surface area contributed by atoms with Crippen LogP contribution in [-0.2, 0) is 6.42 Å². The van der Waals surface area contributed by atoms with Crippen LogP contribution in [0.5, 0.6) is 17.2 Å². The first-order valence-corrected chi connectivity index (χ1v) is 10.9. The van der Waals surface area contributed by atoms with Crippen molar-refractivity contribution in [2.75, 3.05) is 27.9 Å². The summed E-state index contributed by atoms with van der Waals surface area (Å²) in [7, 11) is 4.81. The van der Waals surface area contributed by atoms with E-state index in [4.69, 9.17) is 19.3 Å². The SMILES string of the molecule is COc1ccccc1CCNC(=O)c1cn(-c2ccccc2)nc1-c1ccc(OC)c(OC)c1. The second-order valence-electron chi connectivity index (χ2n) is 7.56. The normalized spacial score (nSPS) is 10.6. The molecule has 7 heteroatoms. The maximum atomic E-state index is 13.3. The lowest BCUT2D eigenvalue weighted by atomic mass is 10.1. The summed E-state index contributed by atoms with van der Waals surface area (Å²) in [6.45, 7) is 0.459. The number of ether oxygens (including phenoxy) is 3. The second kappa shape index (κ2) is 10.6. The number of carbonyl (C=O) groups excluding carboxylic acids is 1. The number of rotatable bonds is 9. The molecule has 0 aliphatic rings. The van der Waals surface area contributed by atoms with Gasteiger partial charge >= 0.3 is 0 Å². The summed E-state index contributed by atoms with van der Waals surface area (Å²) in [5.74, 6) is 1.77. The van der Waals surface area contributed by atoms with Gasteiger partial charge in [0.15, 0.2) is 11.5 Å². The molecule has 0 spiro atoms. The quantitative estimate of drug-likeness (QED) is 0.400. The predicted octanol–water partition coefficient (Wildman–Crippen LogP) is 4.54. The van der Waals surface area contributed by atoms with Gasteiger partial charge in [0, 0.05) is 18.3 Å². The largest absolute Gasteiger partial charge is 0.496 e. The van der Waals surface area contributed by atoms with E-state index in [2.05, 4.69) is 5.32 Å². The summed E-state index contributed by atoms with van der Waals surface area (Å²) in [6.07, 6.45) is 2.40. The molecule has 7 nitrogen and oxygen atoms in total. The van der Waals surface area contributed by atoms with Crippen molar-refractivity contribution in [1.29, 1.82) is 0 Å². The van der Waals surface area contributed by atoms with Crippen LogP contribution in [-0.4, -0.2) is 43.6 Å². The van der Waals surface area contributed by atoms with Crippen molar-refractivity contribution in [3.05, 3.63) is 90.1 Å². The topological polar surface area (TPSA) is 74.6 Å². The minimum atomic E-state index is -0.207. The van der Waals surface area contributed by atoms with Crippen molar-refractivity contribution < 1.29 is 19.0 Å². The average Bonchev–Trinajstić information content (AvgIpc) is 3.35. The molecule has 0 radical (unpaired) electrons. The third kappa shape index (κ3) is 4.88. The van der Waals surface area contributed by atoms with Gasteiger partial charge in [0.25, 0.3) is 5.91 Å². The third-order valence-corrected chi connectivity index (χ3v) is 5.51. The molecule has 0 fully saturated rings. The molecule has 0 saturated heterocycles. The Morgan fingerprint density at radius 2 is 1.56 bits per heavy atom. The summed E-state index contributed by atoms with van der Waals surface area (Å²) < 4.78 is 17.9. The Bertz CT molecular complexity index is 1270. The lowest BCUT2D eigenvalue weighted by Crippen LogP contribution is -2.26. The Labute approximate surface area is 198 Å². The van der Waals surface area contributed by atoms with E-state index in [-0.39, 0.29) is 5.91 Å². The fourth-order valence-electron chi connectivity index (χ4n) is 3.77. The van der Waals surface area contributed by atoms with Crippen molar-refractivity contribution in [2.24, 2.45) is 0 Å². The molecule has 4 rings (SSSR count). The van der Waals surface area contributed by atoms with E-state index < -0.39 is 0 Å². The van der Waals surface area contributed by atoms with Crippen molar-refractivity contribution >= 4 is 5.91 Å². The van der Waals surface area contributed by atoms with Gasteiger partial charge in [0.2, 0.25) is 0 Å². The van der Waals surface area contributed by atoms with Crippen LogP contribution in [0, 0.1) is 0 Å². The fourth-order valence-corrected chi connectivity index (χ4v) is 3.77. The molecule has 0 atom stereocenters. The first kappa shape index (κ1) is 22.9. The van der Waals surface area contributed by atoms with Crippen molar-refractivity contribution in [3.63, 3.8) is 0 Å². The smallest absolute Gasteiger partial charge is 0.255 e.